The summed E-state index contributed by atoms with van der Waals surface area (Å²) in [4.78, 5) is 14.1. The van der Waals surface area contributed by atoms with Crippen molar-refractivity contribution in [2.45, 2.75) is 33.9 Å². The van der Waals surface area contributed by atoms with Crippen molar-refractivity contribution in [1.29, 1.82) is 0 Å². The molecule has 0 spiro atoms. The molecule has 0 fully saturated rings. The molecule has 3 rings (SSSR count). The lowest BCUT2D eigenvalue weighted by atomic mass is 10.0. The highest BCUT2D eigenvalue weighted by Crippen LogP contribution is 2.28. The standard InChI is InChI=1S/C21H23NO3/c1-13-5-6-16(14(2)9-13)11-22(4)12-17-10-20(24)25-21-15(3)19(23)8-7-18(17)21/h5-10,23H,11-12H2,1-4H3. The Labute approximate surface area is 147 Å². The SMILES string of the molecule is Cc1ccc(CN(C)Cc2cc(=O)oc3c(C)c(O)ccc23)c(C)c1. The Morgan fingerprint density at radius 3 is 2.44 bits per heavy atom. The molecule has 0 bridgehead atoms. The van der Waals surface area contributed by atoms with Gasteiger partial charge in [-0.3, -0.25) is 4.90 Å². The van der Waals surface area contributed by atoms with Crippen LogP contribution in [0.15, 0.2) is 45.6 Å². The third-order valence-electron chi connectivity index (χ3n) is 4.60. The maximum Gasteiger partial charge on any atom is 0.336 e. The van der Waals surface area contributed by atoms with Gasteiger partial charge in [-0.1, -0.05) is 23.8 Å². The van der Waals surface area contributed by atoms with Crippen LogP contribution in [-0.2, 0) is 13.1 Å². The summed E-state index contributed by atoms with van der Waals surface area (Å²) < 4.78 is 5.31. The lowest BCUT2D eigenvalue weighted by Gasteiger charge is -2.19. The first-order chi connectivity index (χ1) is 11.8. The summed E-state index contributed by atoms with van der Waals surface area (Å²) in [6.45, 7) is 7.39. The molecule has 0 unspecified atom stereocenters. The van der Waals surface area contributed by atoms with E-state index in [1.54, 1.807) is 19.1 Å². The summed E-state index contributed by atoms with van der Waals surface area (Å²) in [5.74, 6) is 0.136. The van der Waals surface area contributed by atoms with Crippen molar-refractivity contribution in [2.24, 2.45) is 0 Å². The Balaban J connectivity index is 1.92. The molecule has 3 aromatic rings. The normalized spacial score (nSPS) is 11.4. The maximum absolute atomic E-state index is 11.9. The minimum Gasteiger partial charge on any atom is -0.508 e. The smallest absolute Gasteiger partial charge is 0.336 e. The van der Waals surface area contributed by atoms with Crippen molar-refractivity contribution in [2.75, 3.05) is 7.05 Å². The number of phenols is 1. The van der Waals surface area contributed by atoms with Crippen LogP contribution in [0.3, 0.4) is 0 Å². The third kappa shape index (κ3) is 3.59. The van der Waals surface area contributed by atoms with Crippen molar-refractivity contribution in [1.82, 2.24) is 4.90 Å². The number of fused-ring (bicyclic) bond motifs is 1. The van der Waals surface area contributed by atoms with Crippen molar-refractivity contribution < 1.29 is 9.52 Å². The Hall–Kier alpha value is -2.59. The number of hydrogen-bond donors (Lipinski definition) is 1. The van der Waals surface area contributed by atoms with Crippen molar-refractivity contribution >= 4 is 11.0 Å². The number of nitrogens with zero attached hydrogens (tertiary/aromatic N) is 1. The second-order valence-corrected chi connectivity index (χ2v) is 6.78. The second kappa shape index (κ2) is 6.73. The third-order valence-corrected chi connectivity index (χ3v) is 4.60. The lowest BCUT2D eigenvalue weighted by molar-refractivity contribution is 0.318. The van der Waals surface area contributed by atoms with Gasteiger partial charge in [0.1, 0.15) is 11.3 Å². The molecule has 0 radical (unpaired) electrons. The number of rotatable bonds is 4. The molecular weight excluding hydrogens is 314 g/mol. The fourth-order valence-corrected chi connectivity index (χ4v) is 3.21. The predicted octanol–water partition coefficient (Wildman–Crippen LogP) is 4.06. The highest BCUT2D eigenvalue weighted by molar-refractivity contribution is 5.84. The van der Waals surface area contributed by atoms with Gasteiger partial charge in [-0.15, -0.1) is 0 Å². The molecule has 0 atom stereocenters. The van der Waals surface area contributed by atoms with E-state index in [9.17, 15) is 9.90 Å². The molecule has 0 aliphatic rings. The average Bonchev–Trinajstić information content (AvgIpc) is 2.54. The first-order valence-electron chi connectivity index (χ1n) is 8.35. The minimum absolute atomic E-state index is 0.136. The average molecular weight is 337 g/mol. The van der Waals surface area contributed by atoms with Gasteiger partial charge < -0.3 is 9.52 Å². The Morgan fingerprint density at radius 1 is 1.00 bits per heavy atom. The van der Waals surface area contributed by atoms with Crippen LogP contribution in [0.4, 0.5) is 0 Å². The van der Waals surface area contributed by atoms with Crippen LogP contribution in [0.25, 0.3) is 11.0 Å². The van der Waals surface area contributed by atoms with Crippen molar-refractivity contribution in [3.8, 4) is 5.75 Å². The molecule has 130 valence electrons. The topological polar surface area (TPSA) is 53.7 Å². The van der Waals surface area contributed by atoms with E-state index in [1.165, 1.54) is 22.8 Å². The second-order valence-electron chi connectivity index (χ2n) is 6.78. The van der Waals surface area contributed by atoms with E-state index in [1.807, 2.05) is 7.05 Å². The molecule has 25 heavy (non-hydrogen) atoms. The van der Waals surface area contributed by atoms with Gasteiger partial charge in [-0.2, -0.15) is 0 Å². The van der Waals surface area contributed by atoms with Gasteiger partial charge in [0.2, 0.25) is 0 Å². The summed E-state index contributed by atoms with van der Waals surface area (Å²) in [6.07, 6.45) is 0. The zero-order valence-corrected chi connectivity index (χ0v) is 15.1. The Morgan fingerprint density at radius 2 is 1.72 bits per heavy atom. The van der Waals surface area contributed by atoms with Crippen molar-refractivity contribution in [3.63, 3.8) is 0 Å². The highest BCUT2D eigenvalue weighted by Gasteiger charge is 2.13. The molecule has 0 aliphatic carbocycles. The fourth-order valence-electron chi connectivity index (χ4n) is 3.21. The molecule has 0 saturated carbocycles. The summed E-state index contributed by atoms with van der Waals surface area (Å²) in [7, 11) is 2.03. The van der Waals surface area contributed by atoms with Crippen molar-refractivity contribution in [3.05, 3.63) is 74.6 Å². The molecule has 0 saturated heterocycles. The molecule has 0 amide bonds. The van der Waals surface area contributed by atoms with Gasteiger partial charge >= 0.3 is 5.63 Å². The minimum atomic E-state index is -0.392. The molecule has 1 aromatic heterocycles. The van der Waals surface area contributed by atoms with Gasteiger partial charge in [0, 0.05) is 30.1 Å². The van der Waals surface area contributed by atoms with E-state index in [2.05, 4.69) is 36.9 Å². The maximum atomic E-state index is 11.9. The zero-order chi connectivity index (χ0) is 18.1. The first kappa shape index (κ1) is 17.2. The highest BCUT2D eigenvalue weighted by atomic mass is 16.4. The fraction of sp³-hybridized carbons (Fsp3) is 0.286. The van der Waals surface area contributed by atoms with E-state index >= 15 is 0 Å². The summed E-state index contributed by atoms with van der Waals surface area (Å²) in [5, 5.41) is 10.7. The molecular formula is C21H23NO3. The number of benzene rings is 2. The van der Waals surface area contributed by atoms with Crippen LogP contribution in [0.2, 0.25) is 0 Å². The quantitative estimate of drug-likeness (QED) is 0.730. The lowest BCUT2D eigenvalue weighted by Crippen LogP contribution is -2.19. The van der Waals surface area contributed by atoms with Crippen LogP contribution in [0, 0.1) is 20.8 Å². The number of aromatic hydroxyl groups is 1. The molecule has 2 aromatic carbocycles. The van der Waals surface area contributed by atoms with E-state index in [-0.39, 0.29) is 5.75 Å². The monoisotopic (exact) mass is 337 g/mol. The van der Waals surface area contributed by atoms with Gasteiger partial charge in [0.05, 0.1) is 0 Å². The van der Waals surface area contributed by atoms with Gasteiger partial charge in [-0.25, -0.2) is 4.79 Å². The van der Waals surface area contributed by atoms with Gasteiger partial charge in [0.15, 0.2) is 0 Å². The van der Waals surface area contributed by atoms with Crippen LogP contribution < -0.4 is 5.63 Å². The van der Waals surface area contributed by atoms with Crippen LogP contribution >= 0.6 is 0 Å². The Bertz CT molecular complexity index is 988. The number of aryl methyl sites for hydroxylation is 3. The number of phenolic OH excluding ortho intramolecular Hbond substituents is 1. The van der Waals surface area contributed by atoms with Gasteiger partial charge in [-0.05, 0) is 56.6 Å². The first-order valence-corrected chi connectivity index (χ1v) is 8.35. The zero-order valence-electron chi connectivity index (χ0n) is 15.1. The van der Waals surface area contributed by atoms with Crippen LogP contribution in [0.5, 0.6) is 5.75 Å². The van der Waals surface area contributed by atoms with Gasteiger partial charge in [0.25, 0.3) is 0 Å². The molecule has 0 aliphatic heterocycles. The number of hydrogen-bond acceptors (Lipinski definition) is 4. The molecule has 1 heterocycles. The summed E-state index contributed by atoms with van der Waals surface area (Å²) in [6, 6.07) is 11.4. The Kier molecular flexibility index (Phi) is 4.64. The van der Waals surface area contributed by atoms with E-state index in [4.69, 9.17) is 4.42 Å². The summed E-state index contributed by atoms with van der Waals surface area (Å²) >= 11 is 0. The molecule has 1 N–H and O–H groups in total. The van der Waals surface area contributed by atoms with E-state index in [0.29, 0.717) is 17.7 Å². The largest absolute Gasteiger partial charge is 0.508 e. The molecule has 4 nitrogen and oxygen atoms in total. The molecule has 4 heteroatoms. The van der Waals surface area contributed by atoms with E-state index < -0.39 is 5.63 Å². The summed E-state index contributed by atoms with van der Waals surface area (Å²) in [5.41, 5.74) is 5.36. The van der Waals surface area contributed by atoms with E-state index in [0.717, 1.165) is 17.5 Å². The van der Waals surface area contributed by atoms with Crippen LogP contribution in [0.1, 0.15) is 27.8 Å². The predicted molar refractivity (Wildman–Crippen MR) is 100.0 cm³/mol. The van der Waals surface area contributed by atoms with Crippen LogP contribution in [-0.4, -0.2) is 17.1 Å².